The quantitative estimate of drug-likeness (QED) is 0.878. The van der Waals surface area contributed by atoms with Crippen LogP contribution < -0.4 is 11.1 Å². The summed E-state index contributed by atoms with van der Waals surface area (Å²) in [5, 5.41) is 3.37. The van der Waals surface area contributed by atoms with E-state index in [9.17, 15) is 4.79 Å². The largest absolute Gasteiger partial charge is 0.375 e. The van der Waals surface area contributed by atoms with Crippen molar-refractivity contribution in [2.45, 2.75) is 51.4 Å². The number of anilines is 1. The van der Waals surface area contributed by atoms with E-state index in [0.717, 1.165) is 11.3 Å². The van der Waals surface area contributed by atoms with Crippen LogP contribution in [0.2, 0.25) is 0 Å². The Kier molecular flexibility index (Phi) is 3.80. The summed E-state index contributed by atoms with van der Waals surface area (Å²) in [5.74, 6) is -0.308. The van der Waals surface area contributed by atoms with E-state index >= 15 is 0 Å². The van der Waals surface area contributed by atoms with Gasteiger partial charge in [0.05, 0.1) is 12.2 Å². The number of amides is 1. The van der Waals surface area contributed by atoms with Crippen molar-refractivity contribution in [3.63, 3.8) is 0 Å². The van der Waals surface area contributed by atoms with Gasteiger partial charge in [0, 0.05) is 18.5 Å². The van der Waals surface area contributed by atoms with Crippen LogP contribution in [0.25, 0.3) is 0 Å². The average Bonchev–Trinajstić information content (AvgIpc) is 2.30. The van der Waals surface area contributed by atoms with E-state index in [2.05, 4.69) is 5.32 Å². The first-order chi connectivity index (χ1) is 8.93. The lowest BCUT2D eigenvalue weighted by molar-refractivity contribution is -0.131. The number of primary amides is 1. The van der Waals surface area contributed by atoms with Gasteiger partial charge in [0.2, 0.25) is 5.91 Å². The predicted octanol–water partition coefficient (Wildman–Crippen LogP) is 2.22. The fourth-order valence-corrected chi connectivity index (χ4v) is 2.89. The Hall–Kier alpha value is -1.55. The molecular weight excluding hydrogens is 240 g/mol. The fraction of sp³-hybridized carbons (Fsp3) is 0.533. The SMILES string of the molecule is Cc1ccccc1NC1(C(N)=O)CC(C)OC(C)C1. The normalized spacial score (nSPS) is 30.9. The van der Waals surface area contributed by atoms with Crippen molar-refractivity contribution in [1.82, 2.24) is 0 Å². The maximum absolute atomic E-state index is 12.0. The summed E-state index contributed by atoms with van der Waals surface area (Å²) in [5.41, 5.74) is 7.02. The number of para-hydroxylation sites is 1. The molecule has 1 saturated heterocycles. The summed E-state index contributed by atoms with van der Waals surface area (Å²) in [7, 11) is 0. The highest BCUT2D eigenvalue weighted by Gasteiger charge is 2.43. The Labute approximate surface area is 114 Å². The minimum atomic E-state index is -0.719. The van der Waals surface area contributed by atoms with Crippen LogP contribution in [0.15, 0.2) is 24.3 Å². The lowest BCUT2D eigenvalue weighted by Crippen LogP contribution is -2.57. The number of ether oxygens (including phenoxy) is 1. The number of hydrogen-bond acceptors (Lipinski definition) is 3. The lowest BCUT2D eigenvalue weighted by Gasteiger charge is -2.42. The third-order valence-corrected chi connectivity index (χ3v) is 3.73. The van der Waals surface area contributed by atoms with E-state index in [1.54, 1.807) is 0 Å². The molecule has 2 rings (SSSR count). The molecule has 4 heteroatoms. The van der Waals surface area contributed by atoms with E-state index in [1.165, 1.54) is 0 Å². The van der Waals surface area contributed by atoms with Gasteiger partial charge in [-0.15, -0.1) is 0 Å². The standard InChI is InChI=1S/C15H22N2O2/c1-10-6-4-5-7-13(10)17-15(14(16)18)8-11(2)19-12(3)9-15/h4-7,11-12,17H,8-9H2,1-3H3,(H2,16,18). The van der Waals surface area contributed by atoms with Crippen LogP contribution in [0.5, 0.6) is 0 Å². The summed E-state index contributed by atoms with van der Waals surface area (Å²) in [4.78, 5) is 12.0. The Morgan fingerprint density at radius 1 is 1.32 bits per heavy atom. The van der Waals surface area contributed by atoms with Crippen molar-refractivity contribution in [3.05, 3.63) is 29.8 Å². The fourth-order valence-electron chi connectivity index (χ4n) is 2.89. The molecule has 1 fully saturated rings. The molecule has 4 nitrogen and oxygen atoms in total. The highest BCUT2D eigenvalue weighted by atomic mass is 16.5. The second-order valence-electron chi connectivity index (χ2n) is 5.55. The van der Waals surface area contributed by atoms with Gasteiger partial charge in [-0.25, -0.2) is 0 Å². The van der Waals surface area contributed by atoms with Gasteiger partial charge in [0.1, 0.15) is 5.54 Å². The first-order valence-electron chi connectivity index (χ1n) is 6.72. The zero-order valence-electron chi connectivity index (χ0n) is 11.8. The van der Waals surface area contributed by atoms with E-state index in [1.807, 2.05) is 45.0 Å². The number of nitrogens with one attached hydrogen (secondary N) is 1. The van der Waals surface area contributed by atoms with Gasteiger partial charge < -0.3 is 15.8 Å². The molecule has 1 aliphatic rings. The zero-order chi connectivity index (χ0) is 14.0. The van der Waals surface area contributed by atoms with Crippen LogP contribution in [0.4, 0.5) is 5.69 Å². The minimum absolute atomic E-state index is 0.0211. The van der Waals surface area contributed by atoms with Crippen LogP contribution in [0.1, 0.15) is 32.3 Å². The van der Waals surface area contributed by atoms with Gasteiger partial charge >= 0.3 is 0 Å². The number of nitrogens with two attached hydrogens (primary N) is 1. The first-order valence-corrected chi connectivity index (χ1v) is 6.72. The predicted molar refractivity (Wildman–Crippen MR) is 76.0 cm³/mol. The van der Waals surface area contributed by atoms with E-state index < -0.39 is 5.54 Å². The van der Waals surface area contributed by atoms with Gasteiger partial charge in [-0.1, -0.05) is 18.2 Å². The summed E-state index contributed by atoms with van der Waals surface area (Å²) >= 11 is 0. The molecule has 0 saturated carbocycles. The molecule has 19 heavy (non-hydrogen) atoms. The van der Waals surface area contributed by atoms with Crippen molar-refractivity contribution < 1.29 is 9.53 Å². The third-order valence-electron chi connectivity index (χ3n) is 3.73. The Balaban J connectivity index is 2.30. The Morgan fingerprint density at radius 2 is 1.89 bits per heavy atom. The first kappa shape index (κ1) is 13.9. The number of rotatable bonds is 3. The molecule has 1 aromatic rings. The second-order valence-corrected chi connectivity index (χ2v) is 5.55. The number of benzene rings is 1. The molecule has 3 N–H and O–H groups in total. The molecule has 0 aliphatic carbocycles. The van der Waals surface area contributed by atoms with E-state index in [4.69, 9.17) is 10.5 Å². The Bertz CT molecular complexity index is 463. The van der Waals surface area contributed by atoms with Crippen molar-refractivity contribution in [2.24, 2.45) is 5.73 Å². The maximum Gasteiger partial charge on any atom is 0.243 e. The lowest BCUT2D eigenvalue weighted by atomic mass is 9.83. The van der Waals surface area contributed by atoms with Crippen LogP contribution in [0, 0.1) is 6.92 Å². The van der Waals surface area contributed by atoms with Crippen molar-refractivity contribution in [1.29, 1.82) is 0 Å². The van der Waals surface area contributed by atoms with Crippen molar-refractivity contribution in [3.8, 4) is 0 Å². The summed E-state index contributed by atoms with van der Waals surface area (Å²) in [6.45, 7) is 5.98. The summed E-state index contributed by atoms with van der Waals surface area (Å²) in [6.07, 6.45) is 1.24. The minimum Gasteiger partial charge on any atom is -0.375 e. The molecule has 1 heterocycles. The van der Waals surface area contributed by atoms with Crippen LogP contribution in [0.3, 0.4) is 0 Å². The topological polar surface area (TPSA) is 64.3 Å². The molecule has 2 atom stereocenters. The average molecular weight is 262 g/mol. The molecule has 1 aliphatic heterocycles. The van der Waals surface area contributed by atoms with Gasteiger partial charge in [-0.05, 0) is 32.4 Å². The smallest absolute Gasteiger partial charge is 0.243 e. The second kappa shape index (κ2) is 5.21. The number of carbonyl (C=O) groups excluding carboxylic acids is 1. The highest BCUT2D eigenvalue weighted by Crippen LogP contribution is 2.33. The van der Waals surface area contributed by atoms with Gasteiger partial charge in [-0.3, -0.25) is 4.79 Å². The number of aryl methyl sites for hydroxylation is 1. The number of carbonyl (C=O) groups is 1. The monoisotopic (exact) mass is 262 g/mol. The molecule has 0 radical (unpaired) electrons. The van der Waals surface area contributed by atoms with Crippen LogP contribution in [-0.4, -0.2) is 23.7 Å². The summed E-state index contributed by atoms with van der Waals surface area (Å²) in [6, 6.07) is 7.93. The van der Waals surface area contributed by atoms with E-state index in [0.29, 0.717) is 12.8 Å². The van der Waals surface area contributed by atoms with E-state index in [-0.39, 0.29) is 18.1 Å². The molecular formula is C15H22N2O2. The third kappa shape index (κ3) is 2.89. The molecule has 104 valence electrons. The summed E-state index contributed by atoms with van der Waals surface area (Å²) < 4.78 is 5.71. The van der Waals surface area contributed by atoms with Crippen molar-refractivity contribution >= 4 is 11.6 Å². The molecule has 0 spiro atoms. The van der Waals surface area contributed by atoms with Crippen LogP contribution in [-0.2, 0) is 9.53 Å². The highest BCUT2D eigenvalue weighted by molar-refractivity contribution is 5.88. The van der Waals surface area contributed by atoms with Crippen molar-refractivity contribution in [2.75, 3.05) is 5.32 Å². The van der Waals surface area contributed by atoms with Gasteiger partial charge in [-0.2, -0.15) is 0 Å². The molecule has 1 aromatic carbocycles. The van der Waals surface area contributed by atoms with Crippen LogP contribution >= 0.6 is 0 Å². The maximum atomic E-state index is 12.0. The molecule has 0 aromatic heterocycles. The molecule has 1 amide bonds. The molecule has 2 unspecified atom stereocenters. The zero-order valence-corrected chi connectivity index (χ0v) is 11.8. The van der Waals surface area contributed by atoms with Gasteiger partial charge in [0.25, 0.3) is 0 Å². The van der Waals surface area contributed by atoms with Gasteiger partial charge in [0.15, 0.2) is 0 Å². The molecule has 0 bridgehead atoms. The number of hydrogen-bond donors (Lipinski definition) is 2. The Morgan fingerprint density at radius 3 is 2.42 bits per heavy atom.